The van der Waals surface area contributed by atoms with Gasteiger partial charge in [0.15, 0.2) is 0 Å². The third-order valence-electron chi connectivity index (χ3n) is 3.06. The van der Waals surface area contributed by atoms with E-state index in [0.29, 0.717) is 5.92 Å². The van der Waals surface area contributed by atoms with Crippen LogP contribution in [0.2, 0.25) is 0 Å². The summed E-state index contributed by atoms with van der Waals surface area (Å²) in [5.41, 5.74) is 0. The monoisotopic (exact) mass is 246 g/mol. The molecule has 2 heteroatoms. The molecule has 0 aromatic heterocycles. The third-order valence-corrected chi connectivity index (χ3v) is 3.58. The molecule has 0 aliphatic carbocycles. The maximum atomic E-state index is 5.91. The van der Waals surface area contributed by atoms with Gasteiger partial charge in [0.1, 0.15) is 5.75 Å². The molecule has 90 valence electrons. The van der Waals surface area contributed by atoms with Crippen LogP contribution in [0.4, 0.5) is 0 Å². The molecule has 1 nitrogen and oxygen atoms in total. The summed E-state index contributed by atoms with van der Waals surface area (Å²) in [5.74, 6) is 2.38. The first kappa shape index (κ1) is 12.3. The number of ether oxygens (including phenoxy) is 1. The van der Waals surface area contributed by atoms with E-state index in [1.807, 2.05) is 18.2 Å². The molecule has 2 rings (SSSR count). The average molecular weight is 246 g/mol. The minimum Gasteiger partial charge on any atom is -0.493 e. The van der Waals surface area contributed by atoms with Crippen molar-refractivity contribution >= 4 is 23.4 Å². The Morgan fingerprint density at radius 1 is 1.12 bits per heavy atom. The number of hydrogen-bond donors (Lipinski definition) is 1. The maximum Gasteiger partial charge on any atom is 0.127 e. The van der Waals surface area contributed by atoms with Gasteiger partial charge in [-0.2, -0.15) is 12.6 Å². The summed E-state index contributed by atoms with van der Waals surface area (Å²) in [6.45, 7) is 2.92. The molecule has 0 aliphatic heterocycles. The van der Waals surface area contributed by atoms with Crippen molar-refractivity contribution in [3.8, 4) is 5.75 Å². The van der Waals surface area contributed by atoms with E-state index in [0.717, 1.165) is 24.5 Å². The van der Waals surface area contributed by atoms with E-state index >= 15 is 0 Å². The fourth-order valence-corrected chi connectivity index (χ4v) is 2.19. The second kappa shape index (κ2) is 5.97. The van der Waals surface area contributed by atoms with Gasteiger partial charge in [-0.25, -0.2) is 0 Å². The van der Waals surface area contributed by atoms with E-state index in [-0.39, 0.29) is 0 Å². The van der Waals surface area contributed by atoms with Crippen LogP contribution in [0.25, 0.3) is 10.8 Å². The molecular weight excluding hydrogens is 228 g/mol. The van der Waals surface area contributed by atoms with Gasteiger partial charge in [0.05, 0.1) is 6.61 Å². The Kier molecular flexibility index (Phi) is 4.32. The first-order valence-corrected chi connectivity index (χ1v) is 6.69. The number of rotatable bonds is 5. The highest BCUT2D eigenvalue weighted by molar-refractivity contribution is 7.80. The second-order valence-corrected chi connectivity index (χ2v) is 4.61. The largest absolute Gasteiger partial charge is 0.493 e. The van der Waals surface area contributed by atoms with Crippen molar-refractivity contribution in [3.63, 3.8) is 0 Å². The van der Waals surface area contributed by atoms with Crippen molar-refractivity contribution in [2.45, 2.75) is 13.3 Å². The zero-order valence-electron chi connectivity index (χ0n) is 10.1. The lowest BCUT2D eigenvalue weighted by atomic mass is 10.1. The highest BCUT2D eigenvalue weighted by Crippen LogP contribution is 2.25. The van der Waals surface area contributed by atoms with Crippen LogP contribution in [-0.2, 0) is 0 Å². The van der Waals surface area contributed by atoms with Crippen molar-refractivity contribution in [2.24, 2.45) is 5.92 Å². The molecular formula is C15H18OS. The number of benzene rings is 2. The van der Waals surface area contributed by atoms with Crippen LogP contribution in [0.5, 0.6) is 5.75 Å². The van der Waals surface area contributed by atoms with Gasteiger partial charge >= 0.3 is 0 Å². The molecule has 0 radical (unpaired) electrons. The number of hydrogen-bond acceptors (Lipinski definition) is 2. The molecule has 2 aromatic rings. The summed E-state index contributed by atoms with van der Waals surface area (Å²) in [4.78, 5) is 0. The summed E-state index contributed by atoms with van der Waals surface area (Å²) < 4.78 is 5.91. The van der Waals surface area contributed by atoms with Crippen LogP contribution in [0, 0.1) is 5.92 Å². The molecule has 17 heavy (non-hydrogen) atoms. The van der Waals surface area contributed by atoms with Crippen molar-refractivity contribution in [1.29, 1.82) is 0 Å². The maximum absolute atomic E-state index is 5.91. The lowest BCUT2D eigenvalue weighted by Gasteiger charge is -2.14. The fraction of sp³-hybridized carbons (Fsp3) is 0.333. The molecule has 1 atom stereocenters. The van der Waals surface area contributed by atoms with E-state index in [2.05, 4.69) is 43.8 Å². The molecule has 0 spiro atoms. The summed E-state index contributed by atoms with van der Waals surface area (Å²) in [6.07, 6.45) is 1.11. The van der Waals surface area contributed by atoms with Gasteiger partial charge in [-0.15, -0.1) is 0 Å². The zero-order valence-corrected chi connectivity index (χ0v) is 11.0. The minimum absolute atomic E-state index is 0.525. The Labute approximate surface area is 108 Å². The van der Waals surface area contributed by atoms with Gasteiger partial charge in [0, 0.05) is 11.3 Å². The molecule has 0 amide bonds. The van der Waals surface area contributed by atoms with Crippen LogP contribution in [0.15, 0.2) is 42.5 Å². The lowest BCUT2D eigenvalue weighted by molar-refractivity contribution is 0.262. The summed E-state index contributed by atoms with van der Waals surface area (Å²) in [7, 11) is 0. The highest BCUT2D eigenvalue weighted by atomic mass is 32.1. The average Bonchev–Trinajstić information content (AvgIpc) is 2.40. The van der Waals surface area contributed by atoms with E-state index in [1.165, 1.54) is 10.8 Å². The Morgan fingerprint density at radius 3 is 2.65 bits per heavy atom. The van der Waals surface area contributed by atoms with Gasteiger partial charge in [0.2, 0.25) is 0 Å². The Balaban J connectivity index is 2.18. The first-order valence-electron chi connectivity index (χ1n) is 6.06. The molecule has 2 aromatic carbocycles. The topological polar surface area (TPSA) is 9.23 Å². The van der Waals surface area contributed by atoms with Crippen LogP contribution < -0.4 is 4.74 Å². The predicted octanol–water partition coefficient (Wildman–Crippen LogP) is 4.17. The molecule has 0 bridgehead atoms. The second-order valence-electron chi connectivity index (χ2n) is 4.25. The van der Waals surface area contributed by atoms with Gasteiger partial charge in [-0.3, -0.25) is 0 Å². The molecule has 0 fully saturated rings. The quantitative estimate of drug-likeness (QED) is 0.779. The zero-order chi connectivity index (χ0) is 12.1. The molecule has 0 aliphatic rings. The van der Waals surface area contributed by atoms with Gasteiger partial charge in [0.25, 0.3) is 0 Å². The van der Waals surface area contributed by atoms with Gasteiger partial charge < -0.3 is 4.74 Å². The lowest BCUT2D eigenvalue weighted by Crippen LogP contribution is -2.12. The van der Waals surface area contributed by atoms with E-state index in [9.17, 15) is 0 Å². The van der Waals surface area contributed by atoms with E-state index in [1.54, 1.807) is 0 Å². The highest BCUT2D eigenvalue weighted by Gasteiger charge is 2.06. The smallest absolute Gasteiger partial charge is 0.127 e. The molecule has 0 heterocycles. The molecule has 0 N–H and O–H groups in total. The van der Waals surface area contributed by atoms with Crippen LogP contribution in [-0.4, -0.2) is 12.4 Å². The molecule has 1 unspecified atom stereocenters. The summed E-state index contributed by atoms with van der Waals surface area (Å²) >= 11 is 4.34. The van der Waals surface area contributed by atoms with Crippen molar-refractivity contribution in [1.82, 2.24) is 0 Å². The van der Waals surface area contributed by atoms with Crippen LogP contribution in [0.3, 0.4) is 0 Å². The van der Waals surface area contributed by atoms with Crippen molar-refractivity contribution in [2.75, 3.05) is 12.4 Å². The summed E-state index contributed by atoms with van der Waals surface area (Å²) in [5, 5.41) is 2.41. The van der Waals surface area contributed by atoms with Crippen molar-refractivity contribution < 1.29 is 4.74 Å². The summed E-state index contributed by atoms with van der Waals surface area (Å²) in [6, 6.07) is 14.5. The van der Waals surface area contributed by atoms with Gasteiger partial charge in [-0.1, -0.05) is 43.3 Å². The number of fused-ring (bicyclic) bond motifs is 1. The van der Waals surface area contributed by atoms with Crippen LogP contribution in [0.1, 0.15) is 13.3 Å². The van der Waals surface area contributed by atoms with E-state index < -0.39 is 0 Å². The fourth-order valence-electron chi connectivity index (χ4n) is 1.83. The Morgan fingerprint density at radius 2 is 1.88 bits per heavy atom. The standard InChI is InChI=1S/C15H18OS/c1-2-12(11-17)10-16-15-9-5-7-13-6-3-4-8-14(13)15/h3-9,12,17H,2,10-11H2,1H3. The third kappa shape index (κ3) is 2.95. The minimum atomic E-state index is 0.525. The number of thiol groups is 1. The Bertz CT molecular complexity index is 472. The Hall–Kier alpha value is -1.15. The molecule has 0 saturated carbocycles. The van der Waals surface area contributed by atoms with Crippen LogP contribution >= 0.6 is 12.6 Å². The normalized spacial score (nSPS) is 12.6. The van der Waals surface area contributed by atoms with Crippen molar-refractivity contribution in [3.05, 3.63) is 42.5 Å². The molecule has 0 saturated heterocycles. The van der Waals surface area contributed by atoms with E-state index in [4.69, 9.17) is 4.74 Å². The first-order chi connectivity index (χ1) is 8.35. The predicted molar refractivity (Wildman–Crippen MR) is 77.1 cm³/mol. The SMILES string of the molecule is CCC(CS)COc1cccc2ccccc12. The van der Waals surface area contributed by atoms with Gasteiger partial charge in [-0.05, 0) is 23.6 Å².